The Kier molecular flexibility index (Phi) is 2.97. The Bertz CT molecular complexity index is 636. The Hall–Kier alpha value is -1.53. The number of ketones is 1. The van der Waals surface area contributed by atoms with Gasteiger partial charge < -0.3 is 4.98 Å². The van der Waals surface area contributed by atoms with Gasteiger partial charge in [0.05, 0.1) is 12.1 Å². The molecule has 0 aromatic carbocycles. The number of carbonyl (C=O) groups excluding carboxylic acids is 1. The second kappa shape index (κ2) is 4.62. The van der Waals surface area contributed by atoms with Crippen molar-refractivity contribution in [2.75, 3.05) is 13.1 Å². The van der Waals surface area contributed by atoms with Crippen LogP contribution in [0, 0.1) is 0 Å². The Labute approximate surface area is 107 Å². The first-order valence-electron chi connectivity index (χ1n) is 5.93. The molecular weight excluding hydrogens is 250 g/mol. The van der Waals surface area contributed by atoms with Crippen molar-refractivity contribution in [3.05, 3.63) is 27.6 Å². The third kappa shape index (κ3) is 2.21. The Morgan fingerprint density at radius 3 is 2.89 bits per heavy atom. The fraction of sp³-hybridized carbons (Fsp3) is 0.417. The van der Waals surface area contributed by atoms with Crippen LogP contribution < -0.4 is 5.56 Å². The van der Waals surface area contributed by atoms with Gasteiger partial charge in [0.25, 0.3) is 5.56 Å². The largest absolute Gasteiger partial charge is 0.308 e. The van der Waals surface area contributed by atoms with Crippen LogP contribution >= 0.6 is 11.3 Å². The van der Waals surface area contributed by atoms with Crippen molar-refractivity contribution in [2.24, 2.45) is 0 Å². The molecule has 1 aliphatic heterocycles. The molecule has 0 saturated carbocycles. The first-order valence-corrected chi connectivity index (χ1v) is 6.81. The fourth-order valence-electron chi connectivity index (χ4n) is 2.17. The summed E-state index contributed by atoms with van der Waals surface area (Å²) < 4.78 is 0.674. The molecule has 0 unspecified atom stereocenters. The van der Waals surface area contributed by atoms with Gasteiger partial charge in [-0.3, -0.25) is 14.5 Å². The molecule has 0 amide bonds. The van der Waals surface area contributed by atoms with Gasteiger partial charge in [0.15, 0.2) is 0 Å². The predicted octanol–water partition coefficient (Wildman–Crippen LogP) is 1.15. The molecule has 0 aliphatic carbocycles. The summed E-state index contributed by atoms with van der Waals surface area (Å²) in [6.07, 6.45) is 1.20. The number of piperidine rings is 1. The zero-order valence-electron chi connectivity index (χ0n) is 9.81. The van der Waals surface area contributed by atoms with Crippen LogP contribution in [0.5, 0.6) is 0 Å². The number of thiophene rings is 1. The van der Waals surface area contributed by atoms with E-state index in [4.69, 9.17) is 0 Å². The van der Waals surface area contributed by atoms with Gasteiger partial charge in [-0.1, -0.05) is 0 Å². The van der Waals surface area contributed by atoms with Crippen LogP contribution in [-0.2, 0) is 11.3 Å². The molecule has 1 N–H and O–H groups in total. The summed E-state index contributed by atoms with van der Waals surface area (Å²) in [5, 5.41) is 1.87. The smallest absolute Gasteiger partial charge is 0.268 e. The molecule has 1 fully saturated rings. The van der Waals surface area contributed by atoms with Crippen molar-refractivity contribution in [1.82, 2.24) is 14.9 Å². The van der Waals surface area contributed by atoms with Crippen molar-refractivity contribution in [2.45, 2.75) is 19.4 Å². The van der Waals surface area contributed by atoms with Gasteiger partial charge in [0.2, 0.25) is 0 Å². The fourth-order valence-corrected chi connectivity index (χ4v) is 2.89. The lowest BCUT2D eigenvalue weighted by Gasteiger charge is -2.24. The molecule has 6 heteroatoms. The molecule has 94 valence electrons. The number of carbonyl (C=O) groups is 1. The number of H-pyrrole nitrogens is 1. The molecule has 18 heavy (non-hydrogen) atoms. The summed E-state index contributed by atoms with van der Waals surface area (Å²) in [7, 11) is 0. The highest BCUT2D eigenvalue weighted by Crippen LogP contribution is 2.15. The van der Waals surface area contributed by atoms with E-state index in [0.717, 1.165) is 18.6 Å². The van der Waals surface area contributed by atoms with E-state index in [0.29, 0.717) is 35.7 Å². The second-order valence-corrected chi connectivity index (χ2v) is 5.38. The molecule has 0 spiro atoms. The molecular formula is C12H13N3O2S. The van der Waals surface area contributed by atoms with E-state index in [9.17, 15) is 9.59 Å². The molecule has 0 atom stereocenters. The molecule has 1 saturated heterocycles. The Balaban J connectivity index is 1.82. The van der Waals surface area contributed by atoms with Gasteiger partial charge in [-0.2, -0.15) is 0 Å². The predicted molar refractivity (Wildman–Crippen MR) is 69.8 cm³/mol. The van der Waals surface area contributed by atoms with Crippen molar-refractivity contribution in [3.8, 4) is 0 Å². The highest BCUT2D eigenvalue weighted by molar-refractivity contribution is 7.17. The molecule has 2 aromatic heterocycles. The minimum Gasteiger partial charge on any atom is -0.308 e. The number of hydrogen-bond donors (Lipinski definition) is 1. The SMILES string of the molecule is O=C1CCN(Cc2nc3ccsc3c(=O)[nH]2)CC1. The summed E-state index contributed by atoms with van der Waals surface area (Å²) in [6.45, 7) is 2.11. The zero-order chi connectivity index (χ0) is 12.5. The average molecular weight is 263 g/mol. The first-order chi connectivity index (χ1) is 8.72. The van der Waals surface area contributed by atoms with E-state index >= 15 is 0 Å². The number of nitrogens with one attached hydrogen (secondary N) is 1. The highest BCUT2D eigenvalue weighted by atomic mass is 32.1. The standard InChI is InChI=1S/C12H13N3O2S/c16-8-1-4-15(5-2-8)7-10-13-9-3-6-18-11(9)12(17)14-10/h3,6H,1-2,4-5,7H2,(H,13,14,17). The number of aromatic amines is 1. The number of fused-ring (bicyclic) bond motifs is 1. The van der Waals surface area contributed by atoms with Crippen molar-refractivity contribution in [3.63, 3.8) is 0 Å². The maximum atomic E-state index is 11.8. The third-order valence-corrected chi connectivity index (χ3v) is 4.05. The minimum atomic E-state index is -0.0712. The maximum Gasteiger partial charge on any atom is 0.268 e. The van der Waals surface area contributed by atoms with Gasteiger partial charge in [-0.25, -0.2) is 4.98 Å². The van der Waals surface area contributed by atoms with Crippen molar-refractivity contribution >= 4 is 27.3 Å². The van der Waals surface area contributed by atoms with Gasteiger partial charge in [-0.15, -0.1) is 11.3 Å². The van der Waals surface area contributed by atoms with Crippen LogP contribution in [-0.4, -0.2) is 33.7 Å². The Morgan fingerprint density at radius 1 is 1.33 bits per heavy atom. The second-order valence-electron chi connectivity index (χ2n) is 4.46. The van der Waals surface area contributed by atoms with Gasteiger partial charge in [0.1, 0.15) is 16.3 Å². The summed E-state index contributed by atoms with van der Waals surface area (Å²) >= 11 is 1.40. The number of aromatic nitrogens is 2. The van der Waals surface area contributed by atoms with E-state index in [1.165, 1.54) is 11.3 Å². The van der Waals surface area contributed by atoms with Crippen LogP contribution in [0.4, 0.5) is 0 Å². The number of rotatable bonds is 2. The molecule has 5 nitrogen and oxygen atoms in total. The zero-order valence-corrected chi connectivity index (χ0v) is 10.6. The number of likely N-dealkylation sites (tertiary alicyclic amines) is 1. The van der Waals surface area contributed by atoms with Gasteiger partial charge >= 0.3 is 0 Å². The summed E-state index contributed by atoms with van der Waals surface area (Å²) in [5.41, 5.74) is 0.685. The lowest BCUT2D eigenvalue weighted by atomic mass is 10.1. The minimum absolute atomic E-state index is 0.0712. The summed E-state index contributed by atoms with van der Waals surface area (Å²) in [5.74, 6) is 1.00. The monoisotopic (exact) mass is 263 g/mol. The Morgan fingerprint density at radius 2 is 2.11 bits per heavy atom. The number of Topliss-reactive ketones (excluding diaryl/α,β-unsaturated/α-hetero) is 1. The topological polar surface area (TPSA) is 66.1 Å². The van der Waals surface area contributed by atoms with Crippen LogP contribution in [0.15, 0.2) is 16.2 Å². The average Bonchev–Trinajstić information content (AvgIpc) is 2.81. The summed E-state index contributed by atoms with van der Waals surface area (Å²) in [6, 6.07) is 1.86. The van der Waals surface area contributed by atoms with E-state index in [2.05, 4.69) is 14.9 Å². The summed E-state index contributed by atoms with van der Waals surface area (Å²) in [4.78, 5) is 32.4. The molecule has 3 heterocycles. The molecule has 1 aliphatic rings. The first kappa shape index (κ1) is 11.6. The molecule has 0 bridgehead atoms. The normalized spacial score (nSPS) is 17.4. The van der Waals surface area contributed by atoms with E-state index < -0.39 is 0 Å². The van der Waals surface area contributed by atoms with Gasteiger partial charge in [0, 0.05) is 25.9 Å². The van der Waals surface area contributed by atoms with Crippen LogP contribution in [0.25, 0.3) is 10.2 Å². The van der Waals surface area contributed by atoms with Crippen LogP contribution in [0.2, 0.25) is 0 Å². The van der Waals surface area contributed by atoms with E-state index in [-0.39, 0.29) is 5.56 Å². The number of nitrogens with zero attached hydrogens (tertiary/aromatic N) is 2. The highest BCUT2D eigenvalue weighted by Gasteiger charge is 2.17. The maximum absolute atomic E-state index is 11.8. The van der Waals surface area contributed by atoms with E-state index in [1.807, 2.05) is 11.4 Å². The number of hydrogen-bond acceptors (Lipinski definition) is 5. The lowest BCUT2D eigenvalue weighted by Crippen LogP contribution is -2.34. The lowest BCUT2D eigenvalue weighted by molar-refractivity contribution is -0.121. The van der Waals surface area contributed by atoms with Crippen LogP contribution in [0.3, 0.4) is 0 Å². The quantitative estimate of drug-likeness (QED) is 0.882. The van der Waals surface area contributed by atoms with Crippen molar-refractivity contribution in [1.29, 1.82) is 0 Å². The molecule has 0 radical (unpaired) electrons. The molecule has 2 aromatic rings. The van der Waals surface area contributed by atoms with Crippen LogP contribution in [0.1, 0.15) is 18.7 Å². The molecule has 3 rings (SSSR count). The van der Waals surface area contributed by atoms with E-state index in [1.54, 1.807) is 0 Å². The van der Waals surface area contributed by atoms with Gasteiger partial charge in [-0.05, 0) is 11.4 Å². The third-order valence-electron chi connectivity index (χ3n) is 3.15. The van der Waals surface area contributed by atoms with Crippen molar-refractivity contribution < 1.29 is 4.79 Å².